The number of hydrogen-bond donors (Lipinski definition) is 0. The number of benzene rings is 1. The number of piperazine rings is 1. The lowest BCUT2D eigenvalue weighted by molar-refractivity contribution is -0.139. The van der Waals surface area contributed by atoms with Crippen LogP contribution in [0, 0.1) is 6.92 Å². The Balaban J connectivity index is 1.58. The van der Waals surface area contributed by atoms with Crippen molar-refractivity contribution in [2.75, 3.05) is 40.9 Å². The minimum Gasteiger partial charge on any atom is -0.382 e. The zero-order valence-corrected chi connectivity index (χ0v) is 22.9. The molecule has 1 fully saturated rings. The predicted octanol–water partition coefficient (Wildman–Crippen LogP) is 3.07. The summed E-state index contributed by atoms with van der Waals surface area (Å²) >= 11 is 8.41. The molecule has 1 aliphatic rings. The summed E-state index contributed by atoms with van der Waals surface area (Å²) in [7, 11) is 0.951. The molecule has 0 bridgehead atoms. The summed E-state index contributed by atoms with van der Waals surface area (Å²) in [4.78, 5) is 33.6. The number of aromatic nitrogens is 1. The van der Waals surface area contributed by atoms with Crippen molar-refractivity contribution in [3.8, 4) is 0 Å². The quantitative estimate of drug-likeness (QED) is 0.443. The lowest BCUT2D eigenvalue weighted by atomic mass is 10.2. The van der Waals surface area contributed by atoms with Gasteiger partial charge in [0.2, 0.25) is 5.91 Å². The van der Waals surface area contributed by atoms with Gasteiger partial charge in [-0.15, -0.1) is 22.7 Å². The van der Waals surface area contributed by atoms with Gasteiger partial charge in [-0.25, -0.2) is 13.4 Å². The number of methoxy groups -OCH3 is 1. The van der Waals surface area contributed by atoms with E-state index in [0.717, 1.165) is 21.4 Å². The summed E-state index contributed by atoms with van der Waals surface area (Å²) in [5, 5.41) is 1.92. The maximum absolute atomic E-state index is 13.4. The minimum absolute atomic E-state index is 0.0881. The van der Waals surface area contributed by atoms with Crippen molar-refractivity contribution < 1.29 is 22.7 Å². The fraction of sp³-hybridized carbons (Fsp3) is 0.409. The normalized spacial score (nSPS) is 17.3. The molecule has 2 amide bonds. The van der Waals surface area contributed by atoms with Gasteiger partial charge in [0, 0.05) is 37.5 Å². The number of aryl methyl sites for hydroxylation is 1. The van der Waals surface area contributed by atoms with Gasteiger partial charge in [0.15, 0.2) is 0 Å². The van der Waals surface area contributed by atoms with Crippen molar-refractivity contribution in [1.82, 2.24) is 19.1 Å². The smallest absolute Gasteiger partial charge is 0.265 e. The van der Waals surface area contributed by atoms with Gasteiger partial charge >= 0.3 is 0 Å². The molecular formula is C22H25ClN4O5S3. The highest BCUT2D eigenvalue weighted by atomic mass is 35.5. The van der Waals surface area contributed by atoms with Gasteiger partial charge in [-0.05, 0) is 30.5 Å². The van der Waals surface area contributed by atoms with E-state index in [-0.39, 0.29) is 42.3 Å². The number of halogens is 1. The molecule has 1 atom stereocenters. The van der Waals surface area contributed by atoms with E-state index in [4.69, 9.17) is 16.3 Å². The number of amides is 2. The second kappa shape index (κ2) is 10.1. The third-order valence-electron chi connectivity index (χ3n) is 5.65. The molecule has 9 nitrogen and oxygen atoms in total. The van der Waals surface area contributed by atoms with Crippen LogP contribution in [0.5, 0.6) is 0 Å². The SMILES string of the molecule is COC[C@H]1CN(S(=O)(=O)c2cc3ccc(Cl)cc3s2)CC(=O)N1Cc1nc(C)c(C(=O)N(C)C)s1. The Kier molecular flexibility index (Phi) is 7.51. The standard InChI is InChI=1S/C22H25ClN4O5S3/c1-13-21(22(29)25(2)3)34-18(24-13)10-27-16(12-32-4)9-26(11-19(27)28)35(30,31)20-7-14-5-6-15(23)8-17(14)33-20/h5-8,16H,9-12H2,1-4H3/t16-/m1/s1. The summed E-state index contributed by atoms with van der Waals surface area (Å²) in [6.07, 6.45) is 0. The molecule has 0 spiro atoms. The number of thiophene rings is 1. The maximum atomic E-state index is 13.4. The molecule has 2 aromatic heterocycles. The third-order valence-corrected chi connectivity index (χ3v) is 10.4. The monoisotopic (exact) mass is 556 g/mol. The van der Waals surface area contributed by atoms with Gasteiger partial charge in [0.05, 0.1) is 31.4 Å². The second-order valence-corrected chi connectivity index (χ2v) is 13.2. The molecule has 35 heavy (non-hydrogen) atoms. The Morgan fingerprint density at radius 3 is 2.71 bits per heavy atom. The Morgan fingerprint density at radius 2 is 2.03 bits per heavy atom. The molecule has 4 rings (SSSR count). The van der Waals surface area contributed by atoms with Crippen LogP contribution in [-0.4, -0.2) is 86.3 Å². The lowest BCUT2D eigenvalue weighted by Gasteiger charge is -2.39. The van der Waals surface area contributed by atoms with Crippen LogP contribution in [0.25, 0.3) is 10.1 Å². The van der Waals surface area contributed by atoms with E-state index in [1.807, 2.05) is 0 Å². The van der Waals surface area contributed by atoms with Gasteiger partial charge in [0.1, 0.15) is 14.1 Å². The maximum Gasteiger partial charge on any atom is 0.265 e. The number of hydrogen-bond acceptors (Lipinski definition) is 8. The summed E-state index contributed by atoms with van der Waals surface area (Å²) in [5.74, 6) is -0.495. The van der Waals surface area contributed by atoms with Crippen LogP contribution in [0.3, 0.4) is 0 Å². The number of carbonyl (C=O) groups excluding carboxylic acids is 2. The molecule has 0 N–H and O–H groups in total. The number of carbonyl (C=O) groups is 2. The third kappa shape index (κ3) is 5.23. The average molecular weight is 557 g/mol. The molecule has 1 saturated heterocycles. The fourth-order valence-corrected chi connectivity index (χ4v) is 8.22. The first-order valence-electron chi connectivity index (χ1n) is 10.7. The Labute approximate surface area is 216 Å². The number of fused-ring (bicyclic) bond motifs is 1. The Hall–Kier alpha value is -2.09. The summed E-state index contributed by atoms with van der Waals surface area (Å²) in [5.41, 5.74) is 0.602. The van der Waals surface area contributed by atoms with E-state index in [9.17, 15) is 18.0 Å². The van der Waals surface area contributed by atoms with Crippen LogP contribution in [0.1, 0.15) is 20.4 Å². The number of rotatable bonds is 7. The zero-order valence-electron chi connectivity index (χ0n) is 19.6. The van der Waals surface area contributed by atoms with Gasteiger partial charge < -0.3 is 14.5 Å². The van der Waals surface area contributed by atoms with Gasteiger partial charge in [-0.2, -0.15) is 4.31 Å². The number of ether oxygens (including phenoxy) is 1. The van der Waals surface area contributed by atoms with Crippen LogP contribution < -0.4 is 0 Å². The molecule has 0 radical (unpaired) electrons. The van der Waals surface area contributed by atoms with Crippen LogP contribution in [0.2, 0.25) is 5.02 Å². The molecule has 0 unspecified atom stereocenters. The molecule has 1 aromatic carbocycles. The highest BCUT2D eigenvalue weighted by Crippen LogP contribution is 2.34. The van der Waals surface area contributed by atoms with E-state index in [1.165, 1.54) is 27.7 Å². The van der Waals surface area contributed by atoms with Gasteiger partial charge in [0.25, 0.3) is 15.9 Å². The van der Waals surface area contributed by atoms with Crippen molar-refractivity contribution in [1.29, 1.82) is 0 Å². The molecule has 0 saturated carbocycles. The van der Waals surface area contributed by atoms with E-state index in [1.54, 1.807) is 50.2 Å². The molecular weight excluding hydrogens is 532 g/mol. The number of sulfonamides is 1. The molecule has 3 aromatic rings. The zero-order chi connectivity index (χ0) is 25.5. The van der Waals surface area contributed by atoms with Crippen molar-refractivity contribution >= 4 is 66.2 Å². The highest BCUT2D eigenvalue weighted by molar-refractivity contribution is 7.91. The highest BCUT2D eigenvalue weighted by Gasteiger charge is 2.39. The van der Waals surface area contributed by atoms with E-state index in [0.29, 0.717) is 20.6 Å². The fourth-order valence-electron chi connectivity index (χ4n) is 3.88. The van der Waals surface area contributed by atoms with Crippen LogP contribution in [0.4, 0.5) is 0 Å². The second-order valence-electron chi connectivity index (χ2n) is 8.40. The van der Waals surface area contributed by atoms with Crippen molar-refractivity contribution in [2.24, 2.45) is 0 Å². The first-order valence-corrected chi connectivity index (χ1v) is 14.1. The topological polar surface area (TPSA) is 100 Å². The van der Waals surface area contributed by atoms with Crippen molar-refractivity contribution in [3.63, 3.8) is 0 Å². The lowest BCUT2D eigenvalue weighted by Crippen LogP contribution is -2.58. The van der Waals surface area contributed by atoms with E-state index >= 15 is 0 Å². The van der Waals surface area contributed by atoms with Crippen molar-refractivity contribution in [2.45, 2.75) is 23.7 Å². The Bertz CT molecular complexity index is 1380. The minimum atomic E-state index is -3.90. The van der Waals surface area contributed by atoms with Gasteiger partial charge in [-0.1, -0.05) is 17.7 Å². The first kappa shape index (κ1) is 26.0. The van der Waals surface area contributed by atoms with E-state index in [2.05, 4.69) is 4.98 Å². The largest absolute Gasteiger partial charge is 0.382 e. The van der Waals surface area contributed by atoms with Crippen LogP contribution >= 0.6 is 34.3 Å². The van der Waals surface area contributed by atoms with Crippen molar-refractivity contribution in [3.05, 3.63) is 44.9 Å². The average Bonchev–Trinajstić information content (AvgIpc) is 3.38. The number of nitrogens with zero attached hydrogens (tertiary/aromatic N) is 4. The predicted molar refractivity (Wildman–Crippen MR) is 137 cm³/mol. The summed E-state index contributed by atoms with van der Waals surface area (Å²) in [6, 6.07) is 6.31. The molecule has 3 heterocycles. The molecule has 188 valence electrons. The molecule has 0 aliphatic carbocycles. The summed E-state index contributed by atoms with van der Waals surface area (Å²) < 4.78 is 34.3. The van der Waals surface area contributed by atoms with Crippen LogP contribution in [0.15, 0.2) is 28.5 Å². The first-order chi connectivity index (χ1) is 16.5. The van der Waals surface area contributed by atoms with Gasteiger partial charge in [-0.3, -0.25) is 9.59 Å². The molecule has 1 aliphatic heterocycles. The Morgan fingerprint density at radius 1 is 1.29 bits per heavy atom. The van der Waals surface area contributed by atoms with Crippen LogP contribution in [-0.2, 0) is 26.1 Å². The molecule has 13 heteroatoms. The van der Waals surface area contributed by atoms with E-state index < -0.39 is 16.1 Å². The summed E-state index contributed by atoms with van der Waals surface area (Å²) in [6.45, 7) is 1.89. The number of thiazole rings is 1.